The molecule has 0 atom stereocenters. The number of rotatable bonds is 9. The van der Waals surface area contributed by atoms with Crippen molar-refractivity contribution < 1.29 is 22.3 Å². The number of benzene rings is 3. The smallest absolute Gasteiger partial charge is 0.266 e. The average molecular weight is 557 g/mol. The molecule has 0 radical (unpaired) electrons. The predicted octanol–water partition coefficient (Wildman–Crippen LogP) is 6.42. The van der Waals surface area contributed by atoms with Crippen molar-refractivity contribution in [2.24, 2.45) is 0 Å². The van der Waals surface area contributed by atoms with E-state index in [9.17, 15) is 17.6 Å². The van der Waals surface area contributed by atoms with Gasteiger partial charge in [0.1, 0.15) is 24.1 Å². The van der Waals surface area contributed by atoms with E-state index in [0.717, 1.165) is 43.3 Å². The first-order valence-electron chi connectivity index (χ1n) is 12.7. The first-order chi connectivity index (χ1) is 19.0. The van der Waals surface area contributed by atoms with Gasteiger partial charge in [0, 0.05) is 48.5 Å². The normalized spacial score (nSPS) is 14.7. The molecule has 1 saturated heterocycles. The van der Waals surface area contributed by atoms with E-state index in [1.807, 2.05) is 12.1 Å². The lowest BCUT2D eigenvalue weighted by Gasteiger charge is -2.33. The van der Waals surface area contributed by atoms with Crippen LogP contribution in [0.5, 0.6) is 5.75 Å². The number of nitrogens with one attached hydrogen (secondary N) is 1. The molecular formula is C29H29F4N4OP. The number of nitrogens with zero attached hydrogens (tertiary/aromatic N) is 3. The average Bonchev–Trinajstić information content (AvgIpc) is 2.96. The molecular weight excluding hydrogens is 527 g/mol. The van der Waals surface area contributed by atoms with Crippen molar-refractivity contribution in [2.75, 3.05) is 37.8 Å². The Hall–Kier alpha value is -3.29. The van der Waals surface area contributed by atoms with Crippen LogP contribution in [0.25, 0.3) is 10.9 Å². The summed E-state index contributed by atoms with van der Waals surface area (Å²) >= 11 is 0. The number of fused-ring (bicyclic) bond motifs is 1. The first-order valence-corrected chi connectivity index (χ1v) is 14.4. The van der Waals surface area contributed by atoms with E-state index in [4.69, 9.17) is 4.74 Å². The van der Waals surface area contributed by atoms with Crippen molar-refractivity contribution in [1.29, 1.82) is 0 Å². The highest BCUT2D eigenvalue weighted by molar-refractivity contribution is 7.66. The Morgan fingerprint density at radius 2 is 1.79 bits per heavy atom. The zero-order valence-corrected chi connectivity index (χ0v) is 22.4. The first kappa shape index (κ1) is 27.3. The Balaban J connectivity index is 1.41. The zero-order valence-electron chi connectivity index (χ0n) is 21.5. The Kier molecular flexibility index (Phi) is 8.58. The minimum absolute atomic E-state index is 0.0264. The van der Waals surface area contributed by atoms with E-state index in [1.165, 1.54) is 17.7 Å². The van der Waals surface area contributed by atoms with Crippen LogP contribution in [0.3, 0.4) is 0 Å². The lowest BCUT2D eigenvalue weighted by atomic mass is 10.1. The van der Waals surface area contributed by atoms with Crippen LogP contribution >= 0.6 is 7.92 Å². The monoisotopic (exact) mass is 556 g/mol. The van der Waals surface area contributed by atoms with Gasteiger partial charge in [0.05, 0.1) is 18.2 Å². The second-order valence-electron chi connectivity index (χ2n) is 9.39. The molecule has 1 fully saturated rings. The van der Waals surface area contributed by atoms with Gasteiger partial charge in [-0.15, -0.1) is 0 Å². The lowest BCUT2D eigenvalue weighted by Crippen LogP contribution is -2.35. The molecule has 0 amide bonds. The number of hydrogen-bond acceptors (Lipinski definition) is 5. The Labute approximate surface area is 226 Å². The van der Waals surface area contributed by atoms with Crippen LogP contribution in [-0.4, -0.2) is 47.4 Å². The second kappa shape index (κ2) is 12.3. The Morgan fingerprint density at radius 1 is 1.03 bits per heavy atom. The summed E-state index contributed by atoms with van der Waals surface area (Å²) in [6, 6.07) is 18.1. The summed E-state index contributed by atoms with van der Waals surface area (Å²) in [5, 5.41) is 4.77. The summed E-state index contributed by atoms with van der Waals surface area (Å²) in [5.74, 6) is 0.0464. The molecule has 10 heteroatoms. The molecule has 1 aliphatic rings. The molecule has 3 aromatic carbocycles. The van der Waals surface area contributed by atoms with E-state index in [-0.39, 0.29) is 17.9 Å². The molecule has 2 heterocycles. The minimum Gasteiger partial charge on any atom is -0.496 e. The van der Waals surface area contributed by atoms with Gasteiger partial charge in [-0.25, -0.2) is 27.5 Å². The fourth-order valence-electron chi connectivity index (χ4n) is 4.87. The summed E-state index contributed by atoms with van der Waals surface area (Å²) in [7, 11) is 1.08. The van der Waals surface area contributed by atoms with Crippen LogP contribution in [0.4, 0.5) is 23.4 Å². The van der Waals surface area contributed by atoms with E-state index < -0.39 is 32.4 Å². The SMILES string of the molecule is COc1cc2nc(CF)nc(NCc3cccc(C(F)F)c3F)c2cc1P1CCN(Cc2ccccc2)CC1. The molecule has 0 saturated carbocycles. The van der Waals surface area contributed by atoms with Gasteiger partial charge in [0.25, 0.3) is 6.43 Å². The summed E-state index contributed by atoms with van der Waals surface area (Å²) in [4.78, 5) is 11.1. The quantitative estimate of drug-likeness (QED) is 0.191. The van der Waals surface area contributed by atoms with Crippen molar-refractivity contribution in [3.63, 3.8) is 0 Å². The number of methoxy groups -OCH3 is 1. The van der Waals surface area contributed by atoms with Crippen LogP contribution in [-0.2, 0) is 19.8 Å². The molecule has 0 aliphatic carbocycles. The summed E-state index contributed by atoms with van der Waals surface area (Å²) in [5.41, 5.74) is 1.21. The van der Waals surface area contributed by atoms with E-state index >= 15 is 0 Å². The van der Waals surface area contributed by atoms with Crippen molar-refractivity contribution in [2.45, 2.75) is 26.2 Å². The maximum atomic E-state index is 14.6. The third-order valence-electron chi connectivity index (χ3n) is 6.91. The van der Waals surface area contributed by atoms with Crippen molar-refractivity contribution in [3.05, 3.63) is 89.0 Å². The largest absolute Gasteiger partial charge is 0.496 e. The molecule has 39 heavy (non-hydrogen) atoms. The Bertz CT molecular complexity index is 1430. The highest BCUT2D eigenvalue weighted by Crippen LogP contribution is 2.42. The number of hydrogen-bond donors (Lipinski definition) is 1. The molecule has 204 valence electrons. The van der Waals surface area contributed by atoms with Gasteiger partial charge in [0.15, 0.2) is 5.82 Å². The van der Waals surface area contributed by atoms with Crippen molar-refractivity contribution >= 4 is 29.9 Å². The summed E-state index contributed by atoms with van der Waals surface area (Å²) in [6.07, 6.45) is -0.914. The van der Waals surface area contributed by atoms with Crippen LogP contribution in [0.1, 0.15) is 28.9 Å². The van der Waals surface area contributed by atoms with Gasteiger partial charge in [-0.3, -0.25) is 4.90 Å². The van der Waals surface area contributed by atoms with E-state index in [1.54, 1.807) is 13.2 Å². The highest BCUT2D eigenvalue weighted by atomic mass is 31.1. The van der Waals surface area contributed by atoms with Crippen LogP contribution in [0.15, 0.2) is 60.7 Å². The van der Waals surface area contributed by atoms with Gasteiger partial charge in [-0.2, -0.15) is 0 Å². The lowest BCUT2D eigenvalue weighted by molar-refractivity contribution is 0.146. The van der Waals surface area contributed by atoms with E-state index in [0.29, 0.717) is 22.5 Å². The van der Waals surface area contributed by atoms with Gasteiger partial charge in [0.2, 0.25) is 0 Å². The van der Waals surface area contributed by atoms with Gasteiger partial charge >= 0.3 is 0 Å². The molecule has 5 nitrogen and oxygen atoms in total. The number of aromatic nitrogens is 2. The van der Waals surface area contributed by atoms with Crippen molar-refractivity contribution in [1.82, 2.24) is 14.9 Å². The number of halogens is 4. The van der Waals surface area contributed by atoms with Crippen LogP contribution < -0.4 is 15.4 Å². The zero-order chi connectivity index (χ0) is 27.4. The maximum Gasteiger partial charge on any atom is 0.266 e. The van der Waals surface area contributed by atoms with Crippen LogP contribution in [0, 0.1) is 5.82 Å². The Morgan fingerprint density at radius 3 is 2.49 bits per heavy atom. The maximum absolute atomic E-state index is 14.6. The van der Waals surface area contributed by atoms with Crippen LogP contribution in [0.2, 0.25) is 0 Å². The third kappa shape index (κ3) is 6.15. The molecule has 5 rings (SSSR count). The number of alkyl halides is 3. The molecule has 0 unspecified atom stereocenters. The second-order valence-corrected chi connectivity index (χ2v) is 11.8. The summed E-state index contributed by atoms with van der Waals surface area (Å²) in [6.45, 7) is 1.87. The minimum atomic E-state index is -2.92. The number of anilines is 1. The topological polar surface area (TPSA) is 50.3 Å². The predicted molar refractivity (Wildman–Crippen MR) is 148 cm³/mol. The highest BCUT2D eigenvalue weighted by Gasteiger charge is 2.25. The van der Waals surface area contributed by atoms with Crippen molar-refractivity contribution in [3.8, 4) is 5.75 Å². The summed E-state index contributed by atoms with van der Waals surface area (Å²) < 4.78 is 60.3. The molecule has 1 N–H and O–H groups in total. The van der Waals surface area contributed by atoms with E-state index in [2.05, 4.69) is 44.5 Å². The fraction of sp³-hybridized carbons (Fsp3) is 0.310. The molecule has 0 bridgehead atoms. The molecule has 4 aromatic rings. The third-order valence-corrected chi connectivity index (χ3v) is 9.42. The molecule has 1 aromatic heterocycles. The molecule has 0 spiro atoms. The van der Waals surface area contributed by atoms with Gasteiger partial charge < -0.3 is 10.1 Å². The fourth-order valence-corrected chi connectivity index (χ4v) is 7.40. The standard InChI is InChI=1S/C29H29F4N4OP/c1-38-24-15-23-22(14-25(24)39-12-10-37(11-13-39)18-19-6-3-2-4-7-19)29(36-26(16-30)35-23)34-17-20-8-5-9-21(27(20)31)28(32)33/h2-9,14-15,28H,10-13,16-18H2,1H3,(H,34,35,36). The number of ether oxygens (including phenoxy) is 1. The van der Waals surface area contributed by atoms with Gasteiger partial charge in [-0.1, -0.05) is 56.5 Å². The molecule has 1 aliphatic heterocycles. The van der Waals surface area contributed by atoms with Gasteiger partial charge in [-0.05, 0) is 24.0 Å².